The standard InChI is InChI=1S/C39H74NO10P/c1-3-5-7-9-11-13-14-15-16-17-18-19-20-21-22-23-25-26-28-30-37(41)47-32-35(33-48-51(45,46)49-34-36(40)39(43)44)50-38(42)31-29-27-24-12-10-8-6-4-2/h15-16,35-36H,3-14,17-34,40H2,1-2H3,(H,43,44)(H,45,46)/b16-15+/t35-,36+/m0/s1. The zero-order chi connectivity index (χ0) is 37.8. The average Bonchev–Trinajstić information content (AvgIpc) is 3.10. The third-order valence-corrected chi connectivity index (χ3v) is 9.71. The van der Waals surface area contributed by atoms with Gasteiger partial charge in [0.15, 0.2) is 6.10 Å². The van der Waals surface area contributed by atoms with E-state index in [2.05, 4.69) is 30.5 Å². The van der Waals surface area contributed by atoms with Gasteiger partial charge in [0.1, 0.15) is 12.6 Å². The number of aliphatic carboxylic acids is 1. The number of phosphoric acid groups is 1. The molecule has 0 aliphatic carbocycles. The minimum absolute atomic E-state index is 0.164. The van der Waals surface area contributed by atoms with Gasteiger partial charge in [-0.2, -0.15) is 0 Å². The van der Waals surface area contributed by atoms with Crippen molar-refractivity contribution in [1.29, 1.82) is 0 Å². The zero-order valence-corrected chi connectivity index (χ0v) is 33.1. The molecule has 0 fully saturated rings. The molecule has 0 amide bonds. The molecule has 0 aliphatic rings. The summed E-state index contributed by atoms with van der Waals surface area (Å²) < 4.78 is 32.5. The van der Waals surface area contributed by atoms with Crippen LogP contribution in [-0.4, -0.2) is 59.9 Å². The van der Waals surface area contributed by atoms with E-state index in [1.807, 2.05) is 0 Å². The predicted molar refractivity (Wildman–Crippen MR) is 203 cm³/mol. The van der Waals surface area contributed by atoms with E-state index >= 15 is 0 Å². The molecule has 0 spiro atoms. The van der Waals surface area contributed by atoms with Gasteiger partial charge in [-0.1, -0.05) is 148 Å². The summed E-state index contributed by atoms with van der Waals surface area (Å²) in [5, 5.41) is 8.85. The maximum Gasteiger partial charge on any atom is 0.472 e. The molecule has 11 nitrogen and oxygen atoms in total. The van der Waals surface area contributed by atoms with Gasteiger partial charge < -0.3 is 25.2 Å². The number of nitrogens with two attached hydrogens (primary N) is 1. The van der Waals surface area contributed by atoms with Gasteiger partial charge in [-0.25, -0.2) is 4.57 Å². The Morgan fingerprint density at radius 3 is 1.43 bits per heavy atom. The fourth-order valence-corrected chi connectivity index (χ4v) is 6.31. The summed E-state index contributed by atoms with van der Waals surface area (Å²) in [7, 11) is -4.70. The van der Waals surface area contributed by atoms with Crippen molar-refractivity contribution in [3.63, 3.8) is 0 Å². The third-order valence-electron chi connectivity index (χ3n) is 8.76. The van der Waals surface area contributed by atoms with Crippen molar-refractivity contribution >= 4 is 25.7 Å². The van der Waals surface area contributed by atoms with Gasteiger partial charge in [0.05, 0.1) is 13.2 Å². The SMILES string of the molecule is CCCCCCCC/C=C/CCCCCCCCCCCC(=O)OC[C@@H](COP(=O)(O)OC[C@@H](N)C(=O)O)OC(=O)CCCCCCCCCC. The second-order valence-corrected chi connectivity index (χ2v) is 15.2. The number of esters is 2. The lowest BCUT2D eigenvalue weighted by molar-refractivity contribution is -0.161. The molecule has 1 unspecified atom stereocenters. The molecule has 300 valence electrons. The quantitative estimate of drug-likeness (QED) is 0.0237. The minimum Gasteiger partial charge on any atom is -0.480 e. The highest BCUT2D eigenvalue weighted by molar-refractivity contribution is 7.47. The molecule has 0 radical (unpaired) electrons. The van der Waals surface area contributed by atoms with Crippen molar-refractivity contribution in [3.8, 4) is 0 Å². The van der Waals surface area contributed by atoms with Gasteiger partial charge in [0, 0.05) is 12.8 Å². The Bertz CT molecular complexity index is 932. The van der Waals surface area contributed by atoms with Crippen LogP contribution in [-0.2, 0) is 37.5 Å². The molecular weight excluding hydrogens is 673 g/mol. The van der Waals surface area contributed by atoms with Crippen LogP contribution in [0.1, 0.15) is 187 Å². The van der Waals surface area contributed by atoms with Gasteiger partial charge in [-0.05, 0) is 38.5 Å². The van der Waals surface area contributed by atoms with Crippen molar-refractivity contribution in [2.45, 2.75) is 199 Å². The second kappa shape index (κ2) is 35.3. The maximum absolute atomic E-state index is 12.5. The van der Waals surface area contributed by atoms with E-state index in [0.717, 1.165) is 38.5 Å². The fraction of sp³-hybridized carbons (Fsp3) is 0.872. The van der Waals surface area contributed by atoms with E-state index < -0.39 is 51.1 Å². The molecule has 0 rings (SSSR count). The zero-order valence-electron chi connectivity index (χ0n) is 32.2. The molecule has 0 heterocycles. The van der Waals surface area contributed by atoms with E-state index in [0.29, 0.717) is 12.8 Å². The number of hydrogen-bond acceptors (Lipinski definition) is 9. The van der Waals surface area contributed by atoms with Crippen LogP contribution >= 0.6 is 7.82 Å². The summed E-state index contributed by atoms with van der Waals surface area (Å²) >= 11 is 0. The number of ether oxygens (including phenoxy) is 2. The molecule has 0 aliphatic heterocycles. The summed E-state index contributed by atoms with van der Waals surface area (Å²) in [4.78, 5) is 45.7. The summed E-state index contributed by atoms with van der Waals surface area (Å²) in [6.45, 7) is 2.75. The number of allylic oxidation sites excluding steroid dienone is 2. The molecule has 0 aromatic carbocycles. The highest BCUT2D eigenvalue weighted by atomic mass is 31.2. The Balaban J connectivity index is 4.25. The van der Waals surface area contributed by atoms with E-state index in [4.69, 9.17) is 24.8 Å². The lowest BCUT2D eigenvalue weighted by atomic mass is 10.1. The van der Waals surface area contributed by atoms with E-state index in [9.17, 15) is 23.8 Å². The number of phosphoric ester groups is 1. The van der Waals surface area contributed by atoms with Crippen molar-refractivity contribution in [2.75, 3.05) is 19.8 Å². The summed E-state index contributed by atoms with van der Waals surface area (Å²) in [6.07, 6.45) is 33.0. The Hall–Kier alpha value is -1.78. The van der Waals surface area contributed by atoms with Crippen molar-refractivity contribution in [3.05, 3.63) is 12.2 Å². The van der Waals surface area contributed by atoms with Crippen LogP contribution in [0.25, 0.3) is 0 Å². The lowest BCUT2D eigenvalue weighted by Crippen LogP contribution is -2.34. The predicted octanol–water partition coefficient (Wildman–Crippen LogP) is 10.1. The molecule has 0 bridgehead atoms. The van der Waals surface area contributed by atoms with Gasteiger partial charge in [0.2, 0.25) is 0 Å². The number of hydrogen-bond donors (Lipinski definition) is 3. The Morgan fingerprint density at radius 2 is 0.980 bits per heavy atom. The van der Waals surface area contributed by atoms with Crippen LogP contribution in [0, 0.1) is 0 Å². The molecule has 12 heteroatoms. The van der Waals surface area contributed by atoms with Crippen molar-refractivity contribution in [1.82, 2.24) is 0 Å². The number of carbonyl (C=O) groups excluding carboxylic acids is 2. The normalized spacial score (nSPS) is 14.0. The second-order valence-electron chi connectivity index (χ2n) is 13.8. The number of rotatable bonds is 38. The van der Waals surface area contributed by atoms with Crippen LogP contribution in [0.15, 0.2) is 12.2 Å². The fourth-order valence-electron chi connectivity index (χ4n) is 5.53. The van der Waals surface area contributed by atoms with Crippen LogP contribution in [0.5, 0.6) is 0 Å². The van der Waals surface area contributed by atoms with Gasteiger partial charge in [-0.3, -0.25) is 23.4 Å². The molecule has 0 aromatic heterocycles. The van der Waals surface area contributed by atoms with Crippen LogP contribution < -0.4 is 5.73 Å². The summed E-state index contributed by atoms with van der Waals surface area (Å²) in [5.41, 5.74) is 5.31. The van der Waals surface area contributed by atoms with E-state index in [1.54, 1.807) is 0 Å². The van der Waals surface area contributed by atoms with Crippen LogP contribution in [0.4, 0.5) is 0 Å². The molecule has 3 atom stereocenters. The Labute approximate surface area is 309 Å². The van der Waals surface area contributed by atoms with E-state index in [-0.39, 0.29) is 19.4 Å². The number of carboxylic acids is 1. The molecular formula is C39H74NO10P. The van der Waals surface area contributed by atoms with Crippen molar-refractivity contribution < 1.29 is 47.5 Å². The van der Waals surface area contributed by atoms with Crippen LogP contribution in [0.3, 0.4) is 0 Å². The first-order chi connectivity index (χ1) is 24.6. The van der Waals surface area contributed by atoms with E-state index in [1.165, 1.54) is 109 Å². The first-order valence-corrected chi connectivity index (χ1v) is 21.7. The average molecular weight is 748 g/mol. The Kier molecular flexibility index (Phi) is 34.0. The molecule has 0 saturated heterocycles. The van der Waals surface area contributed by atoms with Gasteiger partial charge in [-0.15, -0.1) is 0 Å². The molecule has 0 aromatic rings. The molecule has 4 N–H and O–H groups in total. The highest BCUT2D eigenvalue weighted by Gasteiger charge is 2.28. The monoisotopic (exact) mass is 748 g/mol. The number of unbranched alkanes of at least 4 members (excludes halogenated alkanes) is 22. The molecule has 0 saturated carbocycles. The number of carboxylic acid groups (broad SMARTS) is 1. The van der Waals surface area contributed by atoms with Gasteiger partial charge in [0.25, 0.3) is 0 Å². The summed E-state index contributed by atoms with van der Waals surface area (Å²) in [5.74, 6) is -2.38. The third kappa shape index (κ3) is 35.0. The molecule has 51 heavy (non-hydrogen) atoms. The smallest absolute Gasteiger partial charge is 0.472 e. The highest BCUT2D eigenvalue weighted by Crippen LogP contribution is 2.43. The minimum atomic E-state index is -4.70. The first kappa shape index (κ1) is 49.2. The van der Waals surface area contributed by atoms with Gasteiger partial charge >= 0.3 is 25.7 Å². The lowest BCUT2D eigenvalue weighted by Gasteiger charge is -2.20. The first-order valence-electron chi connectivity index (χ1n) is 20.2. The maximum atomic E-state index is 12.5. The largest absolute Gasteiger partial charge is 0.480 e. The van der Waals surface area contributed by atoms with Crippen LogP contribution in [0.2, 0.25) is 0 Å². The topological polar surface area (TPSA) is 172 Å². The Morgan fingerprint density at radius 1 is 0.588 bits per heavy atom. The summed E-state index contributed by atoms with van der Waals surface area (Å²) in [6, 6.07) is -1.52. The number of carbonyl (C=O) groups is 3. The van der Waals surface area contributed by atoms with Crippen molar-refractivity contribution in [2.24, 2.45) is 5.73 Å².